The van der Waals surface area contributed by atoms with Gasteiger partial charge in [-0.25, -0.2) is 0 Å². The molecule has 0 unspecified atom stereocenters. The van der Waals surface area contributed by atoms with Crippen LogP contribution < -0.4 is 5.32 Å². The third kappa shape index (κ3) is 9.96. The van der Waals surface area contributed by atoms with Crippen LogP contribution in [-0.4, -0.2) is 22.5 Å². The molecule has 0 aliphatic carbocycles. The van der Waals surface area contributed by atoms with Crippen LogP contribution in [0.2, 0.25) is 0 Å². The molecule has 36 heavy (non-hydrogen) atoms. The number of nitrogens with zero attached hydrogens (tertiary/aromatic N) is 1. The van der Waals surface area contributed by atoms with Gasteiger partial charge in [0.25, 0.3) is 0 Å². The Bertz CT molecular complexity index is 1040. The fourth-order valence-corrected chi connectivity index (χ4v) is 4.46. The van der Waals surface area contributed by atoms with Crippen LogP contribution in [0, 0.1) is 0 Å². The van der Waals surface area contributed by atoms with E-state index in [-0.39, 0.29) is 6.54 Å². The van der Waals surface area contributed by atoms with E-state index in [1.54, 1.807) is 0 Å². The van der Waals surface area contributed by atoms with Crippen LogP contribution in [0.25, 0.3) is 0 Å². The summed E-state index contributed by atoms with van der Waals surface area (Å²) in [5.41, 5.74) is 7.54. The van der Waals surface area contributed by atoms with Crippen LogP contribution in [-0.2, 0) is 43.8 Å². The molecule has 0 bridgehead atoms. The van der Waals surface area contributed by atoms with E-state index in [0.29, 0.717) is 13.1 Å². The molecule has 4 heteroatoms. The number of aryl methyl sites for hydroxylation is 2. The van der Waals surface area contributed by atoms with E-state index in [1.165, 1.54) is 47.9 Å². The fourth-order valence-electron chi connectivity index (χ4n) is 4.46. The highest BCUT2D eigenvalue weighted by molar-refractivity contribution is 5.69. The third-order valence-electron chi connectivity index (χ3n) is 6.50. The molecule has 0 aliphatic heterocycles. The second-order valence-electron chi connectivity index (χ2n) is 9.80. The zero-order chi connectivity index (χ0) is 25.6. The van der Waals surface area contributed by atoms with Crippen molar-refractivity contribution in [3.05, 3.63) is 106 Å². The number of aliphatic carboxylic acids is 1. The van der Waals surface area contributed by atoms with Gasteiger partial charge in [-0.05, 0) is 59.1 Å². The molecule has 2 N–H and O–H groups in total. The molecular formula is C32H42N2O2. The maximum atomic E-state index is 11.5. The summed E-state index contributed by atoms with van der Waals surface area (Å²) < 4.78 is 0. The van der Waals surface area contributed by atoms with E-state index in [1.807, 2.05) is 4.90 Å². The van der Waals surface area contributed by atoms with Gasteiger partial charge in [0.2, 0.25) is 0 Å². The van der Waals surface area contributed by atoms with Crippen LogP contribution in [0.5, 0.6) is 0 Å². The monoisotopic (exact) mass is 486 g/mol. The first-order valence-corrected chi connectivity index (χ1v) is 13.4. The number of unbranched alkanes of at least 4 members (excludes halogenated alkanes) is 2. The lowest BCUT2D eigenvalue weighted by Gasteiger charge is -2.21. The van der Waals surface area contributed by atoms with Crippen molar-refractivity contribution in [2.45, 2.75) is 78.6 Å². The number of benzene rings is 3. The molecule has 0 aliphatic rings. The number of nitrogens with one attached hydrogen (secondary N) is 1. The Kier molecular flexibility index (Phi) is 11.7. The van der Waals surface area contributed by atoms with E-state index >= 15 is 0 Å². The smallest absolute Gasteiger partial charge is 0.317 e. The van der Waals surface area contributed by atoms with Gasteiger partial charge in [-0.1, -0.05) is 99.5 Å². The number of carboxylic acid groups (broad SMARTS) is 1. The van der Waals surface area contributed by atoms with Crippen molar-refractivity contribution in [3.8, 4) is 0 Å². The first-order valence-electron chi connectivity index (χ1n) is 13.4. The highest BCUT2D eigenvalue weighted by Crippen LogP contribution is 2.14. The summed E-state index contributed by atoms with van der Waals surface area (Å²) in [5.74, 6) is -0.798. The predicted octanol–water partition coefficient (Wildman–Crippen LogP) is 6.75. The van der Waals surface area contributed by atoms with Gasteiger partial charge >= 0.3 is 5.97 Å². The Hall–Kier alpha value is -2.95. The van der Waals surface area contributed by atoms with Gasteiger partial charge in [0.1, 0.15) is 0 Å². The van der Waals surface area contributed by atoms with Crippen molar-refractivity contribution in [1.82, 2.24) is 10.2 Å². The van der Waals surface area contributed by atoms with Crippen molar-refractivity contribution >= 4 is 5.97 Å². The standard InChI is InChI=1S/C32H42N2O2/c1-3-5-8-26-12-16-28(17-13-26)21-33-22-30-10-7-11-31(20-30)24-34(25-32(35)36)23-29-18-14-27(15-19-29)9-6-4-2/h7,10-20,33H,3-6,8-9,21-25H2,1-2H3,(H,35,36). The van der Waals surface area contributed by atoms with Gasteiger partial charge in [-0.15, -0.1) is 0 Å². The van der Waals surface area contributed by atoms with Gasteiger partial charge in [-0.3, -0.25) is 9.69 Å². The fraction of sp³-hybridized carbons (Fsp3) is 0.406. The molecule has 0 atom stereocenters. The molecule has 0 amide bonds. The highest BCUT2D eigenvalue weighted by atomic mass is 16.4. The lowest BCUT2D eigenvalue weighted by atomic mass is 10.1. The SMILES string of the molecule is CCCCc1ccc(CNCc2cccc(CN(CC(=O)O)Cc3ccc(CCCC)cc3)c2)cc1. The first kappa shape index (κ1) is 27.6. The van der Waals surface area contributed by atoms with E-state index < -0.39 is 5.97 Å². The molecule has 4 nitrogen and oxygen atoms in total. The number of hydrogen-bond donors (Lipinski definition) is 2. The summed E-state index contributed by atoms with van der Waals surface area (Å²) in [6.07, 6.45) is 7.10. The van der Waals surface area contributed by atoms with Crippen molar-refractivity contribution < 1.29 is 9.90 Å². The molecule has 0 fully saturated rings. The summed E-state index contributed by atoms with van der Waals surface area (Å²) in [6, 6.07) is 26.0. The van der Waals surface area contributed by atoms with Crippen molar-refractivity contribution in [2.75, 3.05) is 6.54 Å². The molecule has 0 radical (unpaired) electrons. The Balaban J connectivity index is 1.54. The van der Waals surface area contributed by atoms with E-state index in [9.17, 15) is 9.90 Å². The van der Waals surface area contributed by atoms with Crippen LogP contribution in [0.15, 0.2) is 72.8 Å². The molecule has 0 aromatic heterocycles. The molecule has 192 valence electrons. The van der Waals surface area contributed by atoms with Crippen molar-refractivity contribution in [2.24, 2.45) is 0 Å². The second kappa shape index (κ2) is 15.2. The van der Waals surface area contributed by atoms with Gasteiger partial charge in [0.05, 0.1) is 6.54 Å². The zero-order valence-electron chi connectivity index (χ0n) is 22.0. The lowest BCUT2D eigenvalue weighted by molar-refractivity contribution is -0.138. The normalized spacial score (nSPS) is 11.2. The average molecular weight is 487 g/mol. The van der Waals surface area contributed by atoms with Crippen molar-refractivity contribution in [1.29, 1.82) is 0 Å². The number of carboxylic acids is 1. The summed E-state index contributed by atoms with van der Waals surface area (Å²) >= 11 is 0. The minimum Gasteiger partial charge on any atom is -0.480 e. The second-order valence-corrected chi connectivity index (χ2v) is 9.80. The summed E-state index contributed by atoms with van der Waals surface area (Å²) in [6.45, 7) is 7.30. The van der Waals surface area contributed by atoms with Gasteiger partial charge < -0.3 is 10.4 Å². The Labute approximate surface area is 217 Å². The predicted molar refractivity (Wildman–Crippen MR) is 149 cm³/mol. The Morgan fingerprint density at radius 1 is 0.694 bits per heavy atom. The summed E-state index contributed by atoms with van der Waals surface area (Å²) in [5, 5.41) is 13.0. The molecular weight excluding hydrogens is 444 g/mol. The Morgan fingerprint density at radius 3 is 1.78 bits per heavy atom. The van der Waals surface area contributed by atoms with E-state index in [2.05, 4.69) is 92.0 Å². The minimum absolute atomic E-state index is 0.0221. The topological polar surface area (TPSA) is 52.6 Å². The average Bonchev–Trinajstić information content (AvgIpc) is 2.88. The van der Waals surface area contributed by atoms with E-state index in [0.717, 1.165) is 37.1 Å². The third-order valence-corrected chi connectivity index (χ3v) is 6.50. The summed E-state index contributed by atoms with van der Waals surface area (Å²) in [7, 11) is 0. The minimum atomic E-state index is -0.798. The maximum Gasteiger partial charge on any atom is 0.317 e. The highest BCUT2D eigenvalue weighted by Gasteiger charge is 2.12. The van der Waals surface area contributed by atoms with Crippen LogP contribution in [0.4, 0.5) is 0 Å². The van der Waals surface area contributed by atoms with Crippen LogP contribution in [0.1, 0.15) is 72.9 Å². The molecule has 3 aromatic carbocycles. The largest absolute Gasteiger partial charge is 0.480 e. The molecule has 0 saturated carbocycles. The quantitative estimate of drug-likeness (QED) is 0.235. The molecule has 0 saturated heterocycles. The van der Waals surface area contributed by atoms with Crippen molar-refractivity contribution in [3.63, 3.8) is 0 Å². The number of hydrogen-bond acceptors (Lipinski definition) is 3. The Morgan fingerprint density at radius 2 is 1.19 bits per heavy atom. The van der Waals surface area contributed by atoms with Crippen LogP contribution in [0.3, 0.4) is 0 Å². The lowest BCUT2D eigenvalue weighted by Crippen LogP contribution is -2.29. The zero-order valence-corrected chi connectivity index (χ0v) is 22.0. The molecule has 0 spiro atoms. The van der Waals surface area contributed by atoms with Gasteiger partial charge in [0.15, 0.2) is 0 Å². The van der Waals surface area contributed by atoms with E-state index in [4.69, 9.17) is 0 Å². The molecule has 3 aromatic rings. The number of carbonyl (C=O) groups is 1. The van der Waals surface area contributed by atoms with Gasteiger partial charge in [-0.2, -0.15) is 0 Å². The first-order chi connectivity index (χ1) is 17.6. The maximum absolute atomic E-state index is 11.5. The number of rotatable bonds is 16. The molecule has 3 rings (SSSR count). The van der Waals surface area contributed by atoms with Crippen LogP contribution >= 0.6 is 0 Å². The molecule has 0 heterocycles. The summed E-state index contributed by atoms with van der Waals surface area (Å²) in [4.78, 5) is 13.5. The van der Waals surface area contributed by atoms with Gasteiger partial charge in [0, 0.05) is 26.2 Å².